The molecule has 0 radical (unpaired) electrons. The fourth-order valence-electron chi connectivity index (χ4n) is 1.20. The zero-order chi connectivity index (χ0) is 10.3. The SMILES string of the molecule is CCCN(CCC)S(=O)CC(C)C. The second-order valence-electron chi connectivity index (χ2n) is 3.81. The number of hydrogen-bond acceptors (Lipinski definition) is 1. The Bertz CT molecular complexity index is 142. The average molecular weight is 205 g/mol. The molecule has 0 aliphatic carbocycles. The van der Waals surface area contributed by atoms with Gasteiger partial charge in [-0.3, -0.25) is 0 Å². The zero-order valence-corrected chi connectivity index (χ0v) is 10.2. The Morgan fingerprint density at radius 2 is 1.62 bits per heavy atom. The minimum atomic E-state index is -0.754. The summed E-state index contributed by atoms with van der Waals surface area (Å²) in [5.41, 5.74) is 0. The first kappa shape index (κ1) is 13.1. The van der Waals surface area contributed by atoms with Crippen LogP contribution in [0.25, 0.3) is 0 Å². The minimum absolute atomic E-state index is 0.525. The van der Waals surface area contributed by atoms with E-state index in [0.717, 1.165) is 31.7 Å². The lowest BCUT2D eigenvalue weighted by Gasteiger charge is -2.20. The van der Waals surface area contributed by atoms with Gasteiger partial charge in [-0.2, -0.15) is 0 Å². The molecular formula is C10H23NOS. The first-order valence-electron chi connectivity index (χ1n) is 5.25. The Hall–Kier alpha value is 0.110. The van der Waals surface area contributed by atoms with Gasteiger partial charge in [0.15, 0.2) is 0 Å². The third kappa shape index (κ3) is 6.22. The van der Waals surface area contributed by atoms with E-state index in [1.165, 1.54) is 0 Å². The highest BCUT2D eigenvalue weighted by Gasteiger charge is 2.11. The van der Waals surface area contributed by atoms with Crippen LogP contribution in [-0.4, -0.2) is 27.4 Å². The molecule has 13 heavy (non-hydrogen) atoms. The van der Waals surface area contributed by atoms with Crippen LogP contribution >= 0.6 is 0 Å². The summed E-state index contributed by atoms with van der Waals surface area (Å²) in [5, 5.41) is 0. The van der Waals surface area contributed by atoms with Gasteiger partial charge in [-0.15, -0.1) is 0 Å². The van der Waals surface area contributed by atoms with Crippen molar-refractivity contribution in [2.75, 3.05) is 18.8 Å². The lowest BCUT2D eigenvalue weighted by Crippen LogP contribution is -2.30. The van der Waals surface area contributed by atoms with E-state index in [9.17, 15) is 4.21 Å². The van der Waals surface area contributed by atoms with Gasteiger partial charge in [0.25, 0.3) is 0 Å². The second-order valence-corrected chi connectivity index (χ2v) is 5.30. The maximum Gasteiger partial charge on any atom is 0.0945 e. The number of hydrogen-bond donors (Lipinski definition) is 0. The third-order valence-electron chi connectivity index (χ3n) is 1.71. The van der Waals surface area contributed by atoms with Gasteiger partial charge in [0.05, 0.1) is 11.0 Å². The van der Waals surface area contributed by atoms with Crippen molar-refractivity contribution in [3.63, 3.8) is 0 Å². The Balaban J connectivity index is 3.95. The van der Waals surface area contributed by atoms with Crippen LogP contribution in [0.3, 0.4) is 0 Å². The number of rotatable bonds is 7. The van der Waals surface area contributed by atoms with E-state index >= 15 is 0 Å². The van der Waals surface area contributed by atoms with Gasteiger partial charge in [-0.25, -0.2) is 8.51 Å². The minimum Gasteiger partial charge on any atom is -0.243 e. The molecule has 0 N–H and O–H groups in total. The Labute approximate surface area is 85.3 Å². The van der Waals surface area contributed by atoms with Gasteiger partial charge in [-0.1, -0.05) is 27.7 Å². The Morgan fingerprint density at radius 3 is 1.92 bits per heavy atom. The summed E-state index contributed by atoms with van der Waals surface area (Å²) in [6.45, 7) is 10.4. The third-order valence-corrected chi connectivity index (χ3v) is 3.60. The molecule has 0 saturated carbocycles. The molecule has 3 heteroatoms. The van der Waals surface area contributed by atoms with Gasteiger partial charge in [0.1, 0.15) is 0 Å². The normalized spacial score (nSPS) is 14.0. The van der Waals surface area contributed by atoms with E-state index in [1.54, 1.807) is 0 Å². The van der Waals surface area contributed by atoms with Gasteiger partial charge >= 0.3 is 0 Å². The number of nitrogens with zero attached hydrogens (tertiary/aromatic N) is 1. The fraction of sp³-hybridized carbons (Fsp3) is 1.00. The maximum atomic E-state index is 11.8. The van der Waals surface area contributed by atoms with E-state index < -0.39 is 11.0 Å². The van der Waals surface area contributed by atoms with Crippen molar-refractivity contribution in [2.24, 2.45) is 5.92 Å². The van der Waals surface area contributed by atoms with Gasteiger partial charge in [0.2, 0.25) is 0 Å². The van der Waals surface area contributed by atoms with Gasteiger partial charge in [-0.05, 0) is 18.8 Å². The van der Waals surface area contributed by atoms with Crippen LogP contribution in [0.4, 0.5) is 0 Å². The smallest absolute Gasteiger partial charge is 0.0945 e. The highest BCUT2D eigenvalue weighted by molar-refractivity contribution is 7.82. The molecule has 1 unspecified atom stereocenters. The maximum absolute atomic E-state index is 11.8. The summed E-state index contributed by atoms with van der Waals surface area (Å²) in [6, 6.07) is 0. The van der Waals surface area contributed by atoms with Crippen LogP contribution in [0.15, 0.2) is 0 Å². The van der Waals surface area contributed by atoms with Crippen molar-refractivity contribution < 1.29 is 4.21 Å². The van der Waals surface area contributed by atoms with Crippen LogP contribution < -0.4 is 0 Å². The van der Waals surface area contributed by atoms with Gasteiger partial charge < -0.3 is 0 Å². The van der Waals surface area contributed by atoms with E-state index in [1.807, 2.05) is 0 Å². The molecule has 0 fully saturated rings. The molecule has 0 aromatic carbocycles. The Kier molecular flexibility index (Phi) is 7.57. The summed E-state index contributed by atoms with van der Waals surface area (Å²) in [7, 11) is -0.754. The van der Waals surface area contributed by atoms with E-state index in [4.69, 9.17) is 0 Å². The Morgan fingerprint density at radius 1 is 1.15 bits per heavy atom. The summed E-state index contributed by atoms with van der Waals surface area (Å²) in [4.78, 5) is 0. The topological polar surface area (TPSA) is 20.3 Å². The van der Waals surface area contributed by atoms with Crippen molar-refractivity contribution in [2.45, 2.75) is 40.5 Å². The molecule has 0 saturated heterocycles. The fourth-order valence-corrected chi connectivity index (χ4v) is 2.76. The van der Waals surface area contributed by atoms with Crippen molar-refractivity contribution in [1.82, 2.24) is 4.31 Å². The van der Waals surface area contributed by atoms with Crippen LogP contribution in [0.1, 0.15) is 40.5 Å². The monoisotopic (exact) mass is 205 g/mol. The van der Waals surface area contributed by atoms with Crippen LogP contribution in [0.2, 0.25) is 0 Å². The van der Waals surface area contributed by atoms with Crippen LogP contribution in [0.5, 0.6) is 0 Å². The van der Waals surface area contributed by atoms with Crippen molar-refractivity contribution in [1.29, 1.82) is 0 Å². The van der Waals surface area contributed by atoms with Crippen molar-refractivity contribution in [3.05, 3.63) is 0 Å². The zero-order valence-electron chi connectivity index (χ0n) is 9.38. The first-order valence-corrected chi connectivity index (χ1v) is 6.52. The molecule has 0 rings (SSSR count). The predicted octanol–water partition coefficient (Wildman–Crippen LogP) is 2.43. The molecule has 0 bridgehead atoms. The van der Waals surface area contributed by atoms with Crippen molar-refractivity contribution in [3.8, 4) is 0 Å². The molecule has 0 aromatic heterocycles. The standard InChI is InChI=1S/C10H23NOS/c1-5-7-11(8-6-2)13(12)9-10(3)4/h10H,5-9H2,1-4H3. The average Bonchev–Trinajstić information content (AvgIpc) is 2.02. The largest absolute Gasteiger partial charge is 0.243 e. The summed E-state index contributed by atoms with van der Waals surface area (Å²) in [6.07, 6.45) is 2.17. The van der Waals surface area contributed by atoms with E-state index in [-0.39, 0.29) is 0 Å². The summed E-state index contributed by atoms with van der Waals surface area (Å²) < 4.78 is 13.9. The van der Waals surface area contributed by atoms with Gasteiger partial charge in [0, 0.05) is 18.8 Å². The molecule has 80 valence electrons. The van der Waals surface area contributed by atoms with E-state index in [2.05, 4.69) is 32.0 Å². The molecule has 0 aliphatic rings. The highest BCUT2D eigenvalue weighted by atomic mass is 32.2. The molecule has 0 aromatic rings. The second kappa shape index (κ2) is 7.51. The van der Waals surface area contributed by atoms with E-state index in [0.29, 0.717) is 5.92 Å². The molecule has 2 nitrogen and oxygen atoms in total. The van der Waals surface area contributed by atoms with Crippen LogP contribution in [-0.2, 0) is 11.0 Å². The quantitative estimate of drug-likeness (QED) is 0.625. The van der Waals surface area contributed by atoms with Crippen LogP contribution in [0, 0.1) is 5.92 Å². The van der Waals surface area contributed by atoms with Crippen molar-refractivity contribution >= 4 is 11.0 Å². The lowest BCUT2D eigenvalue weighted by atomic mass is 10.3. The highest BCUT2D eigenvalue weighted by Crippen LogP contribution is 2.04. The lowest BCUT2D eigenvalue weighted by molar-refractivity contribution is 0.439. The molecule has 0 spiro atoms. The predicted molar refractivity (Wildman–Crippen MR) is 60.0 cm³/mol. The first-order chi connectivity index (χ1) is 6.11. The molecule has 0 amide bonds. The molecular weight excluding hydrogens is 182 g/mol. The summed E-state index contributed by atoms with van der Waals surface area (Å²) >= 11 is 0. The molecule has 0 heterocycles. The molecule has 1 atom stereocenters. The molecule has 0 aliphatic heterocycles. The summed E-state index contributed by atoms with van der Waals surface area (Å²) in [5.74, 6) is 1.33.